The van der Waals surface area contributed by atoms with Crippen LogP contribution in [-0.4, -0.2) is 43.6 Å². The molecule has 0 saturated carbocycles. The van der Waals surface area contributed by atoms with Crippen LogP contribution in [0.4, 0.5) is 5.00 Å². The Morgan fingerprint density at radius 2 is 1.81 bits per heavy atom. The van der Waals surface area contributed by atoms with Crippen LogP contribution in [0.3, 0.4) is 0 Å². The number of hydrogen-bond donors (Lipinski definition) is 1. The monoisotopic (exact) mass is 465 g/mol. The van der Waals surface area contributed by atoms with Gasteiger partial charge in [0.2, 0.25) is 0 Å². The normalized spacial score (nSPS) is 13.7. The number of likely N-dealkylation sites (N-methyl/N-ethyl adjacent to an activating group) is 1. The maximum Gasteiger partial charge on any atom is 0.263 e. The van der Waals surface area contributed by atoms with Crippen LogP contribution >= 0.6 is 22.7 Å². The summed E-state index contributed by atoms with van der Waals surface area (Å²) >= 11 is 3.29. The second kappa shape index (κ2) is 8.54. The zero-order valence-electron chi connectivity index (χ0n) is 18.1. The molecule has 1 aliphatic rings. The Bertz CT molecular complexity index is 1260. The predicted molar refractivity (Wildman–Crippen MR) is 130 cm³/mol. The molecule has 0 unspecified atom stereocenters. The molecule has 0 radical (unpaired) electrons. The van der Waals surface area contributed by atoms with Gasteiger partial charge in [-0.05, 0) is 43.3 Å². The minimum atomic E-state index is -0.256. The van der Waals surface area contributed by atoms with Crippen LogP contribution in [0.5, 0.6) is 11.5 Å². The zero-order valence-corrected chi connectivity index (χ0v) is 19.7. The number of para-hydroxylation sites is 1. The van der Waals surface area contributed by atoms with Crippen LogP contribution in [0.2, 0.25) is 0 Å². The van der Waals surface area contributed by atoms with E-state index in [1.807, 2.05) is 18.2 Å². The van der Waals surface area contributed by atoms with Gasteiger partial charge in [0.1, 0.15) is 27.1 Å². The molecule has 2 aromatic carbocycles. The van der Waals surface area contributed by atoms with Gasteiger partial charge >= 0.3 is 0 Å². The zero-order chi connectivity index (χ0) is 22.2. The number of thiophene rings is 1. The molecule has 0 spiro atoms. The van der Waals surface area contributed by atoms with Gasteiger partial charge in [0.15, 0.2) is 0 Å². The first-order valence-electron chi connectivity index (χ1n) is 10.3. The molecule has 1 N–H and O–H groups in total. The third-order valence-corrected chi connectivity index (χ3v) is 7.82. The fourth-order valence-corrected chi connectivity index (χ4v) is 6.50. The smallest absolute Gasteiger partial charge is 0.263 e. The number of carbonyl (C=O) groups is 1. The number of carbonyl (C=O) groups excluding carboxylic acids is 1. The van der Waals surface area contributed by atoms with Crippen molar-refractivity contribution in [2.45, 2.75) is 13.0 Å². The number of methoxy groups -OCH3 is 2. The van der Waals surface area contributed by atoms with Crippen LogP contribution < -0.4 is 14.8 Å². The molecule has 4 aromatic rings. The first-order valence-corrected chi connectivity index (χ1v) is 11.9. The topological polar surface area (TPSA) is 63.7 Å². The molecular weight excluding hydrogens is 442 g/mol. The lowest BCUT2D eigenvalue weighted by molar-refractivity contribution is 0.102. The van der Waals surface area contributed by atoms with Crippen molar-refractivity contribution in [3.05, 3.63) is 58.5 Å². The second-order valence-corrected chi connectivity index (χ2v) is 9.81. The number of nitrogens with zero attached hydrogens (tertiary/aromatic N) is 2. The van der Waals surface area contributed by atoms with Crippen molar-refractivity contribution in [2.75, 3.05) is 33.1 Å². The number of amides is 1. The van der Waals surface area contributed by atoms with Crippen molar-refractivity contribution in [1.29, 1.82) is 0 Å². The maximum atomic E-state index is 13.4. The molecule has 5 rings (SSSR count). The molecule has 1 amide bonds. The lowest BCUT2D eigenvalue weighted by Gasteiger charge is -2.22. The molecule has 0 fully saturated rings. The van der Waals surface area contributed by atoms with E-state index in [4.69, 9.17) is 14.5 Å². The molecule has 0 aliphatic carbocycles. The lowest BCUT2D eigenvalue weighted by atomic mass is 10.0. The number of rotatable bonds is 5. The van der Waals surface area contributed by atoms with Gasteiger partial charge in [-0.2, -0.15) is 0 Å². The molecule has 32 heavy (non-hydrogen) atoms. The molecule has 3 heterocycles. The summed E-state index contributed by atoms with van der Waals surface area (Å²) in [5.41, 5.74) is 3.69. The number of aromatic nitrogens is 1. The van der Waals surface area contributed by atoms with E-state index in [1.54, 1.807) is 55.1 Å². The minimum Gasteiger partial charge on any atom is -0.496 e. The van der Waals surface area contributed by atoms with Gasteiger partial charge in [0, 0.05) is 23.5 Å². The molecule has 164 valence electrons. The van der Waals surface area contributed by atoms with Crippen molar-refractivity contribution in [3.8, 4) is 22.1 Å². The number of fused-ring (bicyclic) bond motifs is 2. The Balaban J connectivity index is 1.61. The van der Waals surface area contributed by atoms with E-state index in [9.17, 15) is 4.79 Å². The molecule has 6 nitrogen and oxygen atoms in total. The Morgan fingerprint density at radius 1 is 1.06 bits per heavy atom. The Morgan fingerprint density at radius 3 is 2.53 bits per heavy atom. The third-order valence-electron chi connectivity index (χ3n) is 5.64. The molecule has 8 heteroatoms. The van der Waals surface area contributed by atoms with E-state index in [2.05, 4.69) is 23.3 Å². The highest BCUT2D eigenvalue weighted by Crippen LogP contribution is 2.46. The number of anilines is 1. The molecule has 0 bridgehead atoms. The van der Waals surface area contributed by atoms with Crippen LogP contribution in [0, 0.1) is 0 Å². The van der Waals surface area contributed by atoms with E-state index in [0.717, 1.165) is 45.3 Å². The first-order chi connectivity index (χ1) is 15.6. The van der Waals surface area contributed by atoms with Gasteiger partial charge in [-0.1, -0.05) is 18.2 Å². The summed E-state index contributed by atoms with van der Waals surface area (Å²) in [4.78, 5) is 21.9. The number of nitrogens with one attached hydrogen (secondary N) is 1. The maximum absolute atomic E-state index is 13.4. The van der Waals surface area contributed by atoms with Crippen molar-refractivity contribution in [2.24, 2.45) is 0 Å². The predicted octanol–water partition coefficient (Wildman–Crippen LogP) is 5.28. The highest BCUT2D eigenvalue weighted by Gasteiger charge is 2.28. The second-order valence-electron chi connectivity index (χ2n) is 7.67. The molecular formula is C24H23N3O3S2. The van der Waals surface area contributed by atoms with E-state index in [-0.39, 0.29) is 5.91 Å². The number of hydrogen-bond acceptors (Lipinski definition) is 7. The Hall–Kier alpha value is -2.94. The summed E-state index contributed by atoms with van der Waals surface area (Å²) in [5, 5.41) is 4.92. The van der Waals surface area contributed by atoms with Crippen LogP contribution in [-0.2, 0) is 13.0 Å². The minimum absolute atomic E-state index is 0.256. The number of ether oxygens (including phenoxy) is 2. The standard InChI is InChI=1S/C24H23N3O3S2/c1-27-12-11-14-19(13-27)32-24(20(14)23-25-15-7-4-5-10-18(15)31-23)26-22(28)21-16(29-2)8-6-9-17(21)30-3/h4-10H,11-13H2,1-3H3,(H,26,28). The van der Waals surface area contributed by atoms with Gasteiger partial charge in [0.25, 0.3) is 5.91 Å². The largest absolute Gasteiger partial charge is 0.496 e. The Kier molecular flexibility index (Phi) is 5.58. The van der Waals surface area contributed by atoms with E-state index in [1.165, 1.54) is 10.4 Å². The summed E-state index contributed by atoms with van der Waals surface area (Å²) in [7, 11) is 5.23. The third kappa shape index (κ3) is 3.64. The molecule has 2 aromatic heterocycles. The van der Waals surface area contributed by atoms with Gasteiger partial charge in [0.05, 0.1) is 24.4 Å². The van der Waals surface area contributed by atoms with Crippen molar-refractivity contribution < 1.29 is 14.3 Å². The summed E-state index contributed by atoms with van der Waals surface area (Å²) in [6.45, 7) is 1.85. The van der Waals surface area contributed by atoms with Crippen LogP contribution in [0.1, 0.15) is 20.8 Å². The average Bonchev–Trinajstić information content (AvgIpc) is 3.38. The van der Waals surface area contributed by atoms with Crippen LogP contribution in [0.25, 0.3) is 20.8 Å². The lowest BCUT2D eigenvalue weighted by Crippen LogP contribution is -2.25. The van der Waals surface area contributed by atoms with E-state index in [0.29, 0.717) is 17.1 Å². The molecule has 0 saturated heterocycles. The van der Waals surface area contributed by atoms with Crippen molar-refractivity contribution >= 4 is 43.8 Å². The molecule has 0 atom stereocenters. The van der Waals surface area contributed by atoms with Crippen LogP contribution in [0.15, 0.2) is 42.5 Å². The van der Waals surface area contributed by atoms with Crippen molar-refractivity contribution in [1.82, 2.24) is 9.88 Å². The number of benzene rings is 2. The van der Waals surface area contributed by atoms with Gasteiger partial charge in [-0.3, -0.25) is 4.79 Å². The van der Waals surface area contributed by atoms with Gasteiger partial charge in [-0.15, -0.1) is 22.7 Å². The number of thiazole rings is 1. The fraction of sp³-hybridized carbons (Fsp3) is 0.250. The summed E-state index contributed by atoms with van der Waals surface area (Å²) in [5.74, 6) is 0.697. The summed E-state index contributed by atoms with van der Waals surface area (Å²) < 4.78 is 12.0. The van der Waals surface area contributed by atoms with E-state index >= 15 is 0 Å². The molecule has 1 aliphatic heterocycles. The Labute approximate surface area is 194 Å². The fourth-order valence-electron chi connectivity index (χ4n) is 4.07. The van der Waals surface area contributed by atoms with Gasteiger partial charge < -0.3 is 19.7 Å². The highest BCUT2D eigenvalue weighted by atomic mass is 32.1. The van der Waals surface area contributed by atoms with Gasteiger partial charge in [-0.25, -0.2) is 4.98 Å². The average molecular weight is 466 g/mol. The summed E-state index contributed by atoms with van der Waals surface area (Å²) in [6.07, 6.45) is 0.932. The quantitative estimate of drug-likeness (QED) is 0.434. The van der Waals surface area contributed by atoms with Crippen molar-refractivity contribution in [3.63, 3.8) is 0 Å². The SMILES string of the molecule is COc1cccc(OC)c1C(=O)Nc1sc2c(c1-c1nc3ccccc3s1)CCN(C)C2. The summed E-state index contributed by atoms with van der Waals surface area (Å²) in [6, 6.07) is 13.5. The first kappa shape index (κ1) is 20.9. The van der Waals surface area contributed by atoms with E-state index < -0.39 is 0 Å². The highest BCUT2D eigenvalue weighted by molar-refractivity contribution is 7.23.